The molecule has 2 rings (SSSR count). The number of rotatable bonds is 5. The molecule has 1 amide bonds. The fourth-order valence-electron chi connectivity index (χ4n) is 2.01. The number of aromatic amines is 1. The lowest BCUT2D eigenvalue weighted by Gasteiger charge is -2.10. The highest BCUT2D eigenvalue weighted by Crippen LogP contribution is 2.19. The Hall–Kier alpha value is -2.30. The minimum absolute atomic E-state index is 0.167. The molecule has 0 unspecified atom stereocenters. The second-order valence-corrected chi connectivity index (χ2v) is 5.50. The molecular formula is C16H21N3O2. The molecule has 112 valence electrons. The van der Waals surface area contributed by atoms with E-state index in [2.05, 4.69) is 29.4 Å². The van der Waals surface area contributed by atoms with Gasteiger partial charge in [0.2, 0.25) is 0 Å². The van der Waals surface area contributed by atoms with Crippen LogP contribution in [-0.4, -0.2) is 22.7 Å². The van der Waals surface area contributed by atoms with Crippen molar-refractivity contribution in [2.24, 2.45) is 5.92 Å². The first-order valence-electron chi connectivity index (χ1n) is 7.03. The predicted octanol–water partition coefficient (Wildman–Crippen LogP) is 3.31. The Kier molecular flexibility index (Phi) is 4.62. The van der Waals surface area contributed by atoms with Gasteiger partial charge < -0.3 is 10.1 Å². The SMILES string of the molecule is Cc1n[nH]c(C)c1C(=O)Nc1cccc(OCC(C)C)c1. The third-order valence-electron chi connectivity index (χ3n) is 3.03. The van der Waals surface area contributed by atoms with E-state index in [0.29, 0.717) is 29.5 Å². The molecule has 2 N–H and O–H groups in total. The van der Waals surface area contributed by atoms with Gasteiger partial charge in [-0.3, -0.25) is 9.89 Å². The molecule has 1 aromatic heterocycles. The van der Waals surface area contributed by atoms with Crippen molar-refractivity contribution in [1.29, 1.82) is 0 Å². The molecule has 0 saturated heterocycles. The van der Waals surface area contributed by atoms with E-state index >= 15 is 0 Å². The van der Waals surface area contributed by atoms with Crippen LogP contribution in [0.25, 0.3) is 0 Å². The van der Waals surface area contributed by atoms with Gasteiger partial charge in [-0.25, -0.2) is 0 Å². The van der Waals surface area contributed by atoms with Gasteiger partial charge in [-0.05, 0) is 31.9 Å². The monoisotopic (exact) mass is 287 g/mol. The summed E-state index contributed by atoms with van der Waals surface area (Å²) in [5.41, 5.74) is 2.75. The molecule has 0 aliphatic heterocycles. The molecule has 1 heterocycles. The molecule has 0 atom stereocenters. The first-order valence-corrected chi connectivity index (χ1v) is 7.03. The molecular weight excluding hydrogens is 266 g/mol. The maximum Gasteiger partial charge on any atom is 0.259 e. The van der Waals surface area contributed by atoms with Crippen LogP contribution >= 0.6 is 0 Å². The highest BCUT2D eigenvalue weighted by atomic mass is 16.5. The molecule has 1 aromatic carbocycles. The van der Waals surface area contributed by atoms with Crippen molar-refractivity contribution < 1.29 is 9.53 Å². The summed E-state index contributed by atoms with van der Waals surface area (Å²) in [4.78, 5) is 12.3. The van der Waals surface area contributed by atoms with Crippen LogP contribution in [0.2, 0.25) is 0 Å². The summed E-state index contributed by atoms with van der Waals surface area (Å²) in [7, 11) is 0. The minimum atomic E-state index is -0.167. The fraction of sp³-hybridized carbons (Fsp3) is 0.375. The van der Waals surface area contributed by atoms with Crippen molar-refractivity contribution in [2.75, 3.05) is 11.9 Å². The number of hydrogen-bond donors (Lipinski definition) is 2. The first-order chi connectivity index (χ1) is 9.97. The third-order valence-corrected chi connectivity index (χ3v) is 3.03. The molecule has 0 aliphatic rings. The maximum atomic E-state index is 12.3. The molecule has 5 nitrogen and oxygen atoms in total. The lowest BCUT2D eigenvalue weighted by molar-refractivity contribution is 0.102. The summed E-state index contributed by atoms with van der Waals surface area (Å²) in [5.74, 6) is 1.04. The molecule has 0 fully saturated rings. The molecule has 5 heteroatoms. The smallest absolute Gasteiger partial charge is 0.259 e. The van der Waals surface area contributed by atoms with Gasteiger partial charge in [0.1, 0.15) is 5.75 Å². The van der Waals surface area contributed by atoms with Crippen LogP contribution in [0.4, 0.5) is 5.69 Å². The summed E-state index contributed by atoms with van der Waals surface area (Å²) in [6.07, 6.45) is 0. The van der Waals surface area contributed by atoms with Gasteiger partial charge in [-0.1, -0.05) is 19.9 Å². The Morgan fingerprint density at radius 1 is 1.38 bits per heavy atom. The van der Waals surface area contributed by atoms with Crippen molar-refractivity contribution in [3.05, 3.63) is 41.2 Å². The first kappa shape index (κ1) is 15.1. The van der Waals surface area contributed by atoms with Gasteiger partial charge in [0.25, 0.3) is 5.91 Å². The number of nitrogens with one attached hydrogen (secondary N) is 2. The number of nitrogens with zero attached hydrogens (tertiary/aromatic N) is 1. The number of ether oxygens (including phenoxy) is 1. The van der Waals surface area contributed by atoms with E-state index in [-0.39, 0.29) is 5.91 Å². The van der Waals surface area contributed by atoms with Crippen molar-refractivity contribution in [3.63, 3.8) is 0 Å². The summed E-state index contributed by atoms with van der Waals surface area (Å²) in [6, 6.07) is 7.41. The van der Waals surface area contributed by atoms with Gasteiger partial charge in [-0.15, -0.1) is 0 Å². The van der Waals surface area contributed by atoms with Crippen molar-refractivity contribution >= 4 is 11.6 Å². The topological polar surface area (TPSA) is 67.0 Å². The number of amides is 1. The second kappa shape index (κ2) is 6.43. The highest BCUT2D eigenvalue weighted by Gasteiger charge is 2.15. The zero-order valence-corrected chi connectivity index (χ0v) is 12.9. The second-order valence-electron chi connectivity index (χ2n) is 5.50. The zero-order chi connectivity index (χ0) is 15.4. The van der Waals surface area contributed by atoms with Crippen LogP contribution in [-0.2, 0) is 0 Å². The standard InChI is InChI=1S/C16H21N3O2/c1-10(2)9-21-14-7-5-6-13(8-14)17-16(20)15-11(3)18-19-12(15)4/h5-8,10H,9H2,1-4H3,(H,17,20)(H,18,19). The van der Waals surface area contributed by atoms with Gasteiger partial charge in [0.15, 0.2) is 0 Å². The number of hydrogen-bond acceptors (Lipinski definition) is 3. The van der Waals surface area contributed by atoms with Crippen LogP contribution in [0, 0.1) is 19.8 Å². The van der Waals surface area contributed by atoms with Crippen molar-refractivity contribution in [1.82, 2.24) is 10.2 Å². The number of carbonyl (C=O) groups is 1. The average Bonchev–Trinajstić information content (AvgIpc) is 2.76. The molecule has 0 radical (unpaired) electrons. The molecule has 21 heavy (non-hydrogen) atoms. The van der Waals surface area contributed by atoms with E-state index in [0.717, 1.165) is 11.4 Å². The summed E-state index contributed by atoms with van der Waals surface area (Å²) in [5, 5.41) is 9.72. The Balaban J connectivity index is 2.09. The zero-order valence-electron chi connectivity index (χ0n) is 12.9. The average molecular weight is 287 g/mol. The highest BCUT2D eigenvalue weighted by molar-refractivity contribution is 6.05. The van der Waals surface area contributed by atoms with Gasteiger partial charge >= 0.3 is 0 Å². The van der Waals surface area contributed by atoms with E-state index in [9.17, 15) is 4.79 Å². The molecule has 2 aromatic rings. The van der Waals surface area contributed by atoms with E-state index in [1.54, 1.807) is 6.92 Å². The summed E-state index contributed by atoms with van der Waals surface area (Å²) < 4.78 is 5.66. The van der Waals surface area contributed by atoms with Crippen molar-refractivity contribution in [2.45, 2.75) is 27.7 Å². The summed E-state index contributed by atoms with van der Waals surface area (Å²) in [6.45, 7) is 8.47. The Labute approximate surface area is 124 Å². The number of benzene rings is 1. The van der Waals surface area contributed by atoms with Crippen LogP contribution in [0.15, 0.2) is 24.3 Å². The minimum Gasteiger partial charge on any atom is -0.493 e. The third kappa shape index (κ3) is 3.84. The van der Waals surface area contributed by atoms with E-state index in [1.807, 2.05) is 31.2 Å². The molecule has 0 spiro atoms. The fourth-order valence-corrected chi connectivity index (χ4v) is 2.01. The van der Waals surface area contributed by atoms with Crippen LogP contribution in [0.1, 0.15) is 35.6 Å². The Morgan fingerprint density at radius 2 is 2.14 bits per heavy atom. The number of anilines is 1. The molecule has 0 aliphatic carbocycles. The number of H-pyrrole nitrogens is 1. The quantitative estimate of drug-likeness (QED) is 0.886. The molecule has 0 bridgehead atoms. The van der Waals surface area contributed by atoms with E-state index < -0.39 is 0 Å². The normalized spacial score (nSPS) is 10.7. The van der Waals surface area contributed by atoms with Gasteiger partial charge in [-0.2, -0.15) is 5.10 Å². The lowest BCUT2D eigenvalue weighted by Crippen LogP contribution is -2.14. The van der Waals surface area contributed by atoms with E-state index in [4.69, 9.17) is 4.74 Å². The Morgan fingerprint density at radius 3 is 2.76 bits per heavy atom. The van der Waals surface area contributed by atoms with Crippen LogP contribution in [0.3, 0.4) is 0 Å². The number of aryl methyl sites for hydroxylation is 2. The van der Waals surface area contributed by atoms with E-state index in [1.165, 1.54) is 0 Å². The largest absolute Gasteiger partial charge is 0.493 e. The Bertz CT molecular complexity index is 613. The summed E-state index contributed by atoms with van der Waals surface area (Å²) >= 11 is 0. The van der Waals surface area contributed by atoms with Gasteiger partial charge in [0, 0.05) is 17.4 Å². The maximum absolute atomic E-state index is 12.3. The van der Waals surface area contributed by atoms with Crippen LogP contribution < -0.4 is 10.1 Å². The van der Waals surface area contributed by atoms with Gasteiger partial charge in [0.05, 0.1) is 17.9 Å². The van der Waals surface area contributed by atoms with Crippen LogP contribution in [0.5, 0.6) is 5.75 Å². The molecule has 0 saturated carbocycles. The van der Waals surface area contributed by atoms with Crippen molar-refractivity contribution in [3.8, 4) is 5.75 Å². The predicted molar refractivity (Wildman–Crippen MR) is 82.8 cm³/mol. The number of aromatic nitrogens is 2. The number of carbonyl (C=O) groups excluding carboxylic acids is 1. The lowest BCUT2D eigenvalue weighted by atomic mass is 10.2.